The van der Waals surface area contributed by atoms with Crippen LogP contribution in [0.25, 0.3) is 0 Å². The molecule has 0 bridgehead atoms. The van der Waals surface area contributed by atoms with Crippen LogP contribution >= 0.6 is 0 Å². The van der Waals surface area contributed by atoms with Gasteiger partial charge < -0.3 is 51.6 Å². The van der Waals surface area contributed by atoms with E-state index >= 15 is 0 Å². The Bertz CT molecular complexity index is 704. The highest BCUT2D eigenvalue weighted by Gasteiger charge is 2.19. The molecule has 0 aliphatic rings. The third-order valence-electron chi connectivity index (χ3n) is 6.77. The molecule has 0 aromatic carbocycles. The third kappa shape index (κ3) is 17.0. The summed E-state index contributed by atoms with van der Waals surface area (Å²) in [4.78, 5) is 0. The number of unbranched alkanes of at least 4 members (excludes halogenated alkanes) is 4. The molecule has 0 radical (unpaired) electrons. The average molecular weight is 534 g/mol. The molecule has 9 heteroatoms. The zero-order chi connectivity index (χ0) is 28.9. The van der Waals surface area contributed by atoms with Gasteiger partial charge in [-0.2, -0.15) is 0 Å². The average Bonchev–Trinajstić information content (AvgIpc) is 2.89. The molecule has 0 aliphatic carbocycles. The Labute approximate surface area is 232 Å². The predicted molar refractivity (Wildman–Crippen MR) is 166 cm³/mol. The molecule has 9 atom stereocenters. The van der Waals surface area contributed by atoms with Gasteiger partial charge in [-0.15, -0.1) is 6.58 Å². The van der Waals surface area contributed by atoms with Crippen LogP contribution in [0.15, 0.2) is 61.3 Å². The summed E-state index contributed by atoms with van der Waals surface area (Å²) in [6.07, 6.45) is 26.1. The Morgan fingerprint density at radius 3 is 1.34 bits per heavy atom. The van der Waals surface area contributed by atoms with E-state index in [2.05, 4.69) is 43.0 Å². The Hall–Kier alpha value is -1.66. The SMILES string of the molecule is C=CCC(N)C(N)C(N)C/C=C/CCC/C=C/C(N)C(N)C(N)C/C=C/CCC/C=C/C(N)C(N)C(C)N. The summed E-state index contributed by atoms with van der Waals surface area (Å²) in [5.41, 5.74) is 54.7. The highest BCUT2D eigenvalue weighted by atomic mass is 14.9. The van der Waals surface area contributed by atoms with Crippen LogP contribution in [0.1, 0.15) is 64.7 Å². The van der Waals surface area contributed by atoms with Gasteiger partial charge in [0.05, 0.1) is 0 Å². The van der Waals surface area contributed by atoms with Crippen molar-refractivity contribution in [1.29, 1.82) is 0 Å². The second-order valence-corrected chi connectivity index (χ2v) is 10.4. The van der Waals surface area contributed by atoms with Gasteiger partial charge in [0.15, 0.2) is 0 Å². The first-order chi connectivity index (χ1) is 18.0. The van der Waals surface area contributed by atoms with E-state index in [1.54, 1.807) is 6.08 Å². The minimum absolute atomic E-state index is 0.126. The quantitative estimate of drug-likeness (QED) is 0.0708. The van der Waals surface area contributed by atoms with Crippen LogP contribution in [0.4, 0.5) is 0 Å². The molecule has 0 aliphatic heterocycles. The number of rotatable bonds is 22. The standard InChI is InChI=1S/C29H59N9/c1-3-16-22(31)28(37)24(33)18-13-9-6-7-11-15-20-26(35)29(38)25(34)19-14-10-5-4-8-12-17-23(32)27(36)21(2)30/h3,9-10,12-15,17,20-29H,1,4-8,11,16,18-19,30-38H2,2H3/b13-9+,14-10+,17-12+,20-15+. The van der Waals surface area contributed by atoms with Gasteiger partial charge in [0.2, 0.25) is 0 Å². The molecular weight excluding hydrogens is 474 g/mol. The second-order valence-electron chi connectivity index (χ2n) is 10.4. The van der Waals surface area contributed by atoms with Gasteiger partial charge in [-0.3, -0.25) is 0 Å². The van der Waals surface area contributed by atoms with Gasteiger partial charge in [0, 0.05) is 54.4 Å². The number of hydrogen-bond acceptors (Lipinski definition) is 9. The maximum absolute atomic E-state index is 6.27. The summed E-state index contributed by atoms with van der Waals surface area (Å²) < 4.78 is 0. The van der Waals surface area contributed by atoms with Crippen LogP contribution in [0.5, 0.6) is 0 Å². The summed E-state index contributed by atoms with van der Waals surface area (Å²) in [5, 5.41) is 0. The van der Waals surface area contributed by atoms with Crippen LogP contribution in [0, 0.1) is 0 Å². The fourth-order valence-electron chi connectivity index (χ4n) is 3.83. The molecule has 0 spiro atoms. The van der Waals surface area contributed by atoms with Crippen molar-refractivity contribution in [2.75, 3.05) is 0 Å². The van der Waals surface area contributed by atoms with Crippen molar-refractivity contribution in [3.05, 3.63) is 61.3 Å². The topological polar surface area (TPSA) is 234 Å². The molecule has 0 aromatic heterocycles. The maximum Gasteiger partial charge on any atom is 0.0393 e. The van der Waals surface area contributed by atoms with E-state index in [1.807, 2.05) is 19.1 Å². The summed E-state index contributed by atoms with van der Waals surface area (Å²) in [5.74, 6) is 0. The lowest BCUT2D eigenvalue weighted by molar-refractivity contribution is 0.446. The van der Waals surface area contributed by atoms with Crippen LogP contribution in [0.2, 0.25) is 0 Å². The molecule has 0 amide bonds. The van der Waals surface area contributed by atoms with Gasteiger partial charge in [0.25, 0.3) is 0 Å². The fraction of sp³-hybridized carbons (Fsp3) is 0.655. The van der Waals surface area contributed by atoms with E-state index in [-0.39, 0.29) is 54.4 Å². The van der Waals surface area contributed by atoms with E-state index in [0.29, 0.717) is 19.3 Å². The van der Waals surface area contributed by atoms with Gasteiger partial charge in [-0.1, -0.05) is 54.7 Å². The lowest BCUT2D eigenvalue weighted by Gasteiger charge is -2.24. The molecule has 0 rings (SSSR count). The van der Waals surface area contributed by atoms with Gasteiger partial charge in [0.1, 0.15) is 0 Å². The predicted octanol–water partition coefficient (Wildman–Crippen LogP) is 0.874. The van der Waals surface area contributed by atoms with Crippen molar-refractivity contribution in [2.24, 2.45) is 51.6 Å². The fourth-order valence-corrected chi connectivity index (χ4v) is 3.83. The molecule has 220 valence electrons. The minimum Gasteiger partial charge on any atom is -0.326 e. The third-order valence-corrected chi connectivity index (χ3v) is 6.77. The van der Waals surface area contributed by atoms with Crippen LogP contribution in [0.3, 0.4) is 0 Å². The number of hydrogen-bond donors (Lipinski definition) is 9. The van der Waals surface area contributed by atoms with Gasteiger partial charge >= 0.3 is 0 Å². The molecule has 38 heavy (non-hydrogen) atoms. The monoisotopic (exact) mass is 533 g/mol. The lowest BCUT2D eigenvalue weighted by Crippen LogP contribution is -2.52. The van der Waals surface area contributed by atoms with Gasteiger partial charge in [-0.05, 0) is 64.7 Å². The first-order valence-electron chi connectivity index (χ1n) is 14.1. The second kappa shape index (κ2) is 22.2. The minimum atomic E-state index is -0.299. The molecule has 0 saturated carbocycles. The number of nitrogens with two attached hydrogens (primary N) is 9. The van der Waals surface area contributed by atoms with Gasteiger partial charge in [-0.25, -0.2) is 0 Å². The van der Waals surface area contributed by atoms with Crippen molar-refractivity contribution in [2.45, 2.75) is 119 Å². The van der Waals surface area contributed by atoms with Crippen molar-refractivity contribution in [1.82, 2.24) is 0 Å². The van der Waals surface area contributed by atoms with Crippen molar-refractivity contribution in [3.8, 4) is 0 Å². The summed E-state index contributed by atoms with van der Waals surface area (Å²) in [6, 6.07) is -1.89. The molecule has 9 nitrogen and oxygen atoms in total. The van der Waals surface area contributed by atoms with Crippen molar-refractivity contribution < 1.29 is 0 Å². The Kier molecular flexibility index (Phi) is 21.2. The Balaban J connectivity index is 4.07. The largest absolute Gasteiger partial charge is 0.326 e. The molecule has 9 unspecified atom stereocenters. The molecule has 0 saturated heterocycles. The maximum atomic E-state index is 6.27. The molecule has 18 N–H and O–H groups in total. The van der Waals surface area contributed by atoms with E-state index in [9.17, 15) is 0 Å². The highest BCUT2D eigenvalue weighted by molar-refractivity contribution is 5.03. The van der Waals surface area contributed by atoms with E-state index in [1.165, 1.54) is 0 Å². The van der Waals surface area contributed by atoms with E-state index in [0.717, 1.165) is 38.5 Å². The summed E-state index contributed by atoms with van der Waals surface area (Å²) >= 11 is 0. The Morgan fingerprint density at radius 1 is 0.500 bits per heavy atom. The van der Waals surface area contributed by atoms with E-state index in [4.69, 9.17) is 51.6 Å². The highest BCUT2D eigenvalue weighted by Crippen LogP contribution is 2.07. The molecule has 0 aromatic rings. The lowest BCUT2D eigenvalue weighted by atomic mass is 9.97. The summed E-state index contributed by atoms with van der Waals surface area (Å²) in [6.45, 7) is 5.55. The van der Waals surface area contributed by atoms with E-state index < -0.39 is 0 Å². The van der Waals surface area contributed by atoms with Crippen molar-refractivity contribution >= 4 is 0 Å². The number of allylic oxidation sites excluding steroid dienone is 4. The zero-order valence-electron chi connectivity index (χ0n) is 23.7. The van der Waals surface area contributed by atoms with Crippen molar-refractivity contribution in [3.63, 3.8) is 0 Å². The van der Waals surface area contributed by atoms with Crippen LogP contribution in [-0.4, -0.2) is 54.4 Å². The Morgan fingerprint density at radius 2 is 0.895 bits per heavy atom. The molecule has 0 fully saturated rings. The van der Waals surface area contributed by atoms with Crippen LogP contribution < -0.4 is 51.6 Å². The first kappa shape index (κ1) is 36.3. The molecular formula is C29H59N9. The summed E-state index contributed by atoms with van der Waals surface area (Å²) in [7, 11) is 0. The molecule has 0 heterocycles. The normalized spacial score (nSPS) is 20.1. The van der Waals surface area contributed by atoms with Crippen LogP contribution in [-0.2, 0) is 0 Å². The smallest absolute Gasteiger partial charge is 0.0393 e. The first-order valence-corrected chi connectivity index (χ1v) is 14.1. The zero-order valence-corrected chi connectivity index (χ0v) is 23.7.